The summed E-state index contributed by atoms with van der Waals surface area (Å²) < 4.78 is 5.19. The molecule has 5 heteroatoms. The van der Waals surface area contributed by atoms with E-state index in [1.165, 1.54) is 4.88 Å². The number of methoxy groups -OCH3 is 1. The largest absolute Gasteiger partial charge is 0.497 e. The van der Waals surface area contributed by atoms with E-state index in [1.807, 2.05) is 38.4 Å². The molecule has 1 aromatic carbocycles. The lowest BCUT2D eigenvalue weighted by molar-refractivity contribution is 0.415. The number of thiazole rings is 1. The molecule has 1 unspecified atom stereocenters. The monoisotopic (exact) mass is 277 g/mol. The van der Waals surface area contributed by atoms with Gasteiger partial charge in [-0.2, -0.15) is 0 Å². The van der Waals surface area contributed by atoms with Crippen molar-refractivity contribution < 1.29 is 4.74 Å². The first kappa shape index (κ1) is 13.8. The van der Waals surface area contributed by atoms with Crippen molar-refractivity contribution >= 4 is 16.5 Å². The Morgan fingerprint density at radius 1 is 1.21 bits per heavy atom. The standard InChI is InChI=1S/C14H19N3OS/c1-9(15-2)13-12(17-14(16-3)19-13)10-5-7-11(18-4)8-6-10/h5-9,15H,1-4H3,(H,16,17). The van der Waals surface area contributed by atoms with Crippen molar-refractivity contribution in [2.75, 3.05) is 26.5 Å². The van der Waals surface area contributed by atoms with Crippen LogP contribution in [0.3, 0.4) is 0 Å². The van der Waals surface area contributed by atoms with Gasteiger partial charge < -0.3 is 15.4 Å². The van der Waals surface area contributed by atoms with E-state index in [0.717, 1.165) is 22.1 Å². The van der Waals surface area contributed by atoms with Gasteiger partial charge in [-0.1, -0.05) is 11.3 Å². The summed E-state index contributed by atoms with van der Waals surface area (Å²) in [5.74, 6) is 0.857. The lowest BCUT2D eigenvalue weighted by atomic mass is 10.1. The van der Waals surface area contributed by atoms with Crippen molar-refractivity contribution in [1.29, 1.82) is 0 Å². The Balaban J connectivity index is 2.43. The fraction of sp³-hybridized carbons (Fsp3) is 0.357. The minimum Gasteiger partial charge on any atom is -0.497 e. The van der Waals surface area contributed by atoms with Gasteiger partial charge in [-0.3, -0.25) is 0 Å². The van der Waals surface area contributed by atoms with E-state index in [4.69, 9.17) is 4.74 Å². The average molecular weight is 277 g/mol. The van der Waals surface area contributed by atoms with E-state index < -0.39 is 0 Å². The summed E-state index contributed by atoms with van der Waals surface area (Å²) in [7, 11) is 5.52. The first-order valence-corrected chi connectivity index (χ1v) is 7.01. The summed E-state index contributed by atoms with van der Waals surface area (Å²) in [6.07, 6.45) is 0. The van der Waals surface area contributed by atoms with E-state index in [-0.39, 0.29) is 6.04 Å². The van der Waals surface area contributed by atoms with Crippen molar-refractivity contribution in [1.82, 2.24) is 10.3 Å². The van der Waals surface area contributed by atoms with Crippen LogP contribution in [-0.2, 0) is 0 Å². The van der Waals surface area contributed by atoms with Gasteiger partial charge >= 0.3 is 0 Å². The third-order valence-electron chi connectivity index (χ3n) is 3.06. The maximum atomic E-state index is 5.19. The Bertz CT molecular complexity index is 536. The molecule has 2 aromatic rings. The molecule has 0 aliphatic rings. The van der Waals surface area contributed by atoms with Crippen molar-refractivity contribution in [2.24, 2.45) is 0 Å². The Morgan fingerprint density at radius 3 is 2.42 bits per heavy atom. The molecule has 0 aliphatic carbocycles. The molecule has 1 aromatic heterocycles. The van der Waals surface area contributed by atoms with Crippen LogP contribution in [0.1, 0.15) is 17.8 Å². The highest BCUT2D eigenvalue weighted by molar-refractivity contribution is 7.16. The van der Waals surface area contributed by atoms with Crippen LogP contribution in [0.5, 0.6) is 5.75 Å². The summed E-state index contributed by atoms with van der Waals surface area (Å²) in [5, 5.41) is 7.32. The number of nitrogens with zero attached hydrogens (tertiary/aromatic N) is 1. The fourth-order valence-corrected chi connectivity index (χ4v) is 2.82. The quantitative estimate of drug-likeness (QED) is 0.881. The van der Waals surface area contributed by atoms with Gasteiger partial charge in [-0.25, -0.2) is 4.98 Å². The Morgan fingerprint density at radius 2 is 1.89 bits per heavy atom. The molecule has 0 aliphatic heterocycles. The molecular formula is C14H19N3OS. The van der Waals surface area contributed by atoms with E-state index in [0.29, 0.717) is 0 Å². The third-order valence-corrected chi connectivity index (χ3v) is 4.31. The number of nitrogens with one attached hydrogen (secondary N) is 2. The lowest BCUT2D eigenvalue weighted by Crippen LogP contribution is -2.11. The topological polar surface area (TPSA) is 46.2 Å². The number of benzene rings is 1. The highest BCUT2D eigenvalue weighted by atomic mass is 32.1. The average Bonchev–Trinajstić information content (AvgIpc) is 2.90. The number of anilines is 1. The van der Waals surface area contributed by atoms with Crippen molar-refractivity contribution in [3.05, 3.63) is 29.1 Å². The molecule has 102 valence electrons. The molecule has 4 nitrogen and oxygen atoms in total. The summed E-state index contributed by atoms with van der Waals surface area (Å²) in [6, 6.07) is 8.28. The molecule has 2 N–H and O–H groups in total. The smallest absolute Gasteiger partial charge is 0.183 e. The highest BCUT2D eigenvalue weighted by Crippen LogP contribution is 2.35. The summed E-state index contributed by atoms with van der Waals surface area (Å²) in [4.78, 5) is 5.88. The second-order valence-corrected chi connectivity index (χ2v) is 5.25. The van der Waals surface area contributed by atoms with Crippen molar-refractivity contribution in [3.63, 3.8) is 0 Å². The highest BCUT2D eigenvalue weighted by Gasteiger charge is 2.16. The molecule has 0 saturated heterocycles. The van der Waals surface area contributed by atoms with Crippen LogP contribution in [0, 0.1) is 0 Å². The van der Waals surface area contributed by atoms with E-state index >= 15 is 0 Å². The summed E-state index contributed by atoms with van der Waals surface area (Å²) in [6.45, 7) is 2.14. The molecule has 2 rings (SSSR count). The van der Waals surface area contributed by atoms with Crippen LogP contribution in [-0.4, -0.2) is 26.2 Å². The maximum absolute atomic E-state index is 5.19. The molecule has 0 amide bonds. The second-order valence-electron chi connectivity index (χ2n) is 4.22. The maximum Gasteiger partial charge on any atom is 0.183 e. The molecule has 19 heavy (non-hydrogen) atoms. The minimum absolute atomic E-state index is 0.275. The van der Waals surface area contributed by atoms with Crippen molar-refractivity contribution in [2.45, 2.75) is 13.0 Å². The number of hydrogen-bond acceptors (Lipinski definition) is 5. The van der Waals surface area contributed by atoms with E-state index in [9.17, 15) is 0 Å². The fourth-order valence-electron chi connectivity index (χ4n) is 1.82. The normalized spacial score (nSPS) is 12.2. The SMILES string of the molecule is CNc1nc(-c2ccc(OC)cc2)c(C(C)NC)s1. The van der Waals surface area contributed by atoms with Crippen molar-refractivity contribution in [3.8, 4) is 17.0 Å². The zero-order valence-corrected chi connectivity index (χ0v) is 12.5. The van der Waals surface area contributed by atoms with E-state index in [2.05, 4.69) is 22.5 Å². The second kappa shape index (κ2) is 6.04. The number of hydrogen-bond donors (Lipinski definition) is 2. The molecule has 0 saturated carbocycles. The van der Waals surface area contributed by atoms with Crippen LogP contribution >= 0.6 is 11.3 Å². The molecular weight excluding hydrogens is 258 g/mol. The van der Waals surface area contributed by atoms with Crippen LogP contribution in [0.25, 0.3) is 11.3 Å². The van der Waals surface area contributed by atoms with Gasteiger partial charge in [0.2, 0.25) is 0 Å². The summed E-state index contributed by atoms with van der Waals surface area (Å²) >= 11 is 1.68. The zero-order chi connectivity index (χ0) is 13.8. The zero-order valence-electron chi connectivity index (χ0n) is 11.7. The van der Waals surface area contributed by atoms with Gasteiger partial charge in [-0.05, 0) is 38.2 Å². The number of ether oxygens (including phenoxy) is 1. The van der Waals surface area contributed by atoms with Crippen LogP contribution < -0.4 is 15.4 Å². The van der Waals surface area contributed by atoms with Gasteiger partial charge in [0.1, 0.15) is 5.75 Å². The van der Waals surface area contributed by atoms with Gasteiger partial charge in [0, 0.05) is 18.7 Å². The summed E-state index contributed by atoms with van der Waals surface area (Å²) in [5.41, 5.74) is 2.13. The lowest BCUT2D eigenvalue weighted by Gasteiger charge is -2.10. The molecule has 0 spiro atoms. The molecule has 0 radical (unpaired) electrons. The Hall–Kier alpha value is -1.59. The van der Waals surface area contributed by atoms with E-state index in [1.54, 1.807) is 18.4 Å². The number of aromatic nitrogens is 1. The molecule has 1 atom stereocenters. The third kappa shape index (κ3) is 2.88. The van der Waals surface area contributed by atoms with Gasteiger partial charge in [0.15, 0.2) is 5.13 Å². The Labute approximate surface area is 117 Å². The first-order valence-electron chi connectivity index (χ1n) is 6.19. The van der Waals surface area contributed by atoms with Gasteiger partial charge in [-0.15, -0.1) is 0 Å². The first-order chi connectivity index (χ1) is 9.19. The predicted octanol–water partition coefficient (Wildman–Crippen LogP) is 3.14. The minimum atomic E-state index is 0.275. The van der Waals surface area contributed by atoms with Crippen LogP contribution in [0.4, 0.5) is 5.13 Å². The molecule has 0 bridgehead atoms. The molecule has 0 fully saturated rings. The predicted molar refractivity (Wildman–Crippen MR) is 81.1 cm³/mol. The van der Waals surface area contributed by atoms with Gasteiger partial charge in [0.05, 0.1) is 17.7 Å². The molecule has 1 heterocycles. The van der Waals surface area contributed by atoms with Gasteiger partial charge in [0.25, 0.3) is 0 Å². The Kier molecular flexibility index (Phi) is 4.39. The number of rotatable bonds is 5. The van der Waals surface area contributed by atoms with Crippen LogP contribution in [0.15, 0.2) is 24.3 Å². The van der Waals surface area contributed by atoms with Crippen LogP contribution in [0.2, 0.25) is 0 Å².